The van der Waals surface area contributed by atoms with E-state index in [0.717, 1.165) is 11.1 Å². The Morgan fingerprint density at radius 2 is 1.64 bits per heavy atom. The van der Waals surface area contributed by atoms with E-state index in [2.05, 4.69) is 10.6 Å². The molecule has 1 aromatic heterocycles. The highest BCUT2D eigenvalue weighted by molar-refractivity contribution is 6.21. The van der Waals surface area contributed by atoms with Crippen LogP contribution < -0.4 is 16.2 Å². The molecule has 4 rings (SSSR count). The van der Waals surface area contributed by atoms with Crippen LogP contribution in [0, 0.1) is 0 Å². The smallest absolute Gasteiger partial charge is 0.258 e. The molecular weight excluding hydrogens is 358 g/mol. The summed E-state index contributed by atoms with van der Waals surface area (Å²) >= 11 is 0. The van der Waals surface area contributed by atoms with Gasteiger partial charge in [-0.15, -0.1) is 0 Å². The molecule has 28 heavy (non-hydrogen) atoms. The molecule has 1 aliphatic heterocycles. The van der Waals surface area contributed by atoms with Gasteiger partial charge in [-0.25, -0.2) is 0 Å². The van der Waals surface area contributed by atoms with Crippen molar-refractivity contribution in [2.24, 2.45) is 7.05 Å². The number of carbonyl (C=O) groups is 3. The molecule has 7 heteroatoms. The molecule has 0 bridgehead atoms. The van der Waals surface area contributed by atoms with E-state index in [9.17, 15) is 19.2 Å². The zero-order valence-electron chi connectivity index (χ0n) is 14.9. The van der Waals surface area contributed by atoms with Crippen molar-refractivity contribution in [3.8, 4) is 11.1 Å². The van der Waals surface area contributed by atoms with E-state index in [-0.39, 0.29) is 11.1 Å². The summed E-state index contributed by atoms with van der Waals surface area (Å²) in [7, 11) is 1.61. The van der Waals surface area contributed by atoms with Gasteiger partial charge in [-0.1, -0.05) is 18.2 Å². The average Bonchev–Trinajstić information content (AvgIpc) is 2.97. The highest BCUT2D eigenvalue weighted by Gasteiger charge is 2.26. The highest BCUT2D eigenvalue weighted by atomic mass is 16.2. The molecule has 0 unspecified atom stereocenters. The van der Waals surface area contributed by atoms with E-state index in [1.165, 1.54) is 16.8 Å². The van der Waals surface area contributed by atoms with Crippen molar-refractivity contribution in [2.75, 3.05) is 5.32 Å². The number of amides is 3. The number of aryl methyl sites for hydroxylation is 1. The number of carbonyl (C=O) groups excluding carboxylic acids is 3. The lowest BCUT2D eigenvalue weighted by Gasteiger charge is -2.09. The van der Waals surface area contributed by atoms with Crippen LogP contribution in [0.1, 0.15) is 31.1 Å². The SMILES string of the molecule is Cn1ccc(C(=O)Nc2cccc(-c3ccc4c(c3)C(=O)NC4=O)c2)cc1=O. The van der Waals surface area contributed by atoms with Gasteiger partial charge in [0.05, 0.1) is 11.1 Å². The van der Waals surface area contributed by atoms with Crippen LogP contribution in [0.2, 0.25) is 0 Å². The fraction of sp³-hybridized carbons (Fsp3) is 0.0476. The van der Waals surface area contributed by atoms with Crippen LogP contribution in [0.5, 0.6) is 0 Å². The summed E-state index contributed by atoms with van der Waals surface area (Å²) in [6.07, 6.45) is 1.53. The minimum absolute atomic E-state index is 0.265. The molecule has 7 nitrogen and oxygen atoms in total. The molecule has 138 valence electrons. The van der Waals surface area contributed by atoms with Crippen LogP contribution in [0.4, 0.5) is 5.69 Å². The average molecular weight is 373 g/mol. The van der Waals surface area contributed by atoms with Gasteiger partial charge >= 0.3 is 0 Å². The number of nitrogens with one attached hydrogen (secondary N) is 2. The first kappa shape index (κ1) is 17.4. The molecule has 0 saturated carbocycles. The van der Waals surface area contributed by atoms with Gasteiger partial charge in [0.15, 0.2) is 0 Å². The molecule has 2 N–H and O–H groups in total. The molecular formula is C21H15N3O4. The summed E-state index contributed by atoms with van der Waals surface area (Å²) in [5.74, 6) is -1.22. The predicted molar refractivity (Wildman–Crippen MR) is 103 cm³/mol. The number of nitrogens with zero attached hydrogens (tertiary/aromatic N) is 1. The van der Waals surface area contributed by atoms with Crippen molar-refractivity contribution < 1.29 is 14.4 Å². The van der Waals surface area contributed by atoms with Gasteiger partial charge in [0.2, 0.25) is 0 Å². The maximum atomic E-state index is 12.4. The first-order chi connectivity index (χ1) is 13.4. The minimum atomic E-state index is -0.419. The summed E-state index contributed by atoms with van der Waals surface area (Å²) in [4.78, 5) is 47.7. The van der Waals surface area contributed by atoms with Crippen molar-refractivity contribution in [1.29, 1.82) is 0 Å². The molecule has 3 amide bonds. The first-order valence-corrected chi connectivity index (χ1v) is 8.50. The van der Waals surface area contributed by atoms with Gasteiger partial charge in [0, 0.05) is 30.6 Å². The number of hydrogen-bond acceptors (Lipinski definition) is 4. The summed E-state index contributed by atoms with van der Waals surface area (Å²) in [6, 6.07) is 14.9. The monoisotopic (exact) mass is 373 g/mol. The Morgan fingerprint density at radius 3 is 2.43 bits per heavy atom. The topological polar surface area (TPSA) is 97.3 Å². The molecule has 3 aromatic rings. The Hall–Kier alpha value is -4.00. The number of imide groups is 1. The number of anilines is 1. The number of benzene rings is 2. The van der Waals surface area contributed by atoms with Crippen molar-refractivity contribution in [1.82, 2.24) is 9.88 Å². The van der Waals surface area contributed by atoms with Crippen LogP contribution in [-0.4, -0.2) is 22.3 Å². The Labute approximate surface area is 159 Å². The second-order valence-electron chi connectivity index (χ2n) is 6.44. The maximum Gasteiger partial charge on any atom is 0.258 e. The minimum Gasteiger partial charge on any atom is -0.322 e. The van der Waals surface area contributed by atoms with Gasteiger partial charge in [-0.2, -0.15) is 0 Å². The van der Waals surface area contributed by atoms with Crippen molar-refractivity contribution >= 4 is 23.4 Å². The second kappa shape index (κ2) is 6.62. The standard InChI is InChI=1S/C21H15N3O4/c1-24-8-7-14(11-18(24)25)19(26)22-15-4-2-3-12(9-15)13-5-6-16-17(10-13)21(28)23-20(16)27/h2-11H,1H3,(H,22,26)(H,23,27,28). The quantitative estimate of drug-likeness (QED) is 0.688. The number of pyridine rings is 1. The Bertz CT molecular complexity index is 1210. The van der Waals surface area contributed by atoms with E-state index >= 15 is 0 Å². The number of fused-ring (bicyclic) bond motifs is 1. The largest absolute Gasteiger partial charge is 0.322 e. The third-order valence-corrected chi connectivity index (χ3v) is 4.56. The van der Waals surface area contributed by atoms with Crippen LogP contribution >= 0.6 is 0 Å². The fourth-order valence-corrected chi connectivity index (χ4v) is 3.02. The molecule has 2 aromatic carbocycles. The highest BCUT2D eigenvalue weighted by Crippen LogP contribution is 2.27. The van der Waals surface area contributed by atoms with Crippen molar-refractivity contribution in [3.05, 3.63) is 87.8 Å². The molecule has 1 aliphatic rings. The van der Waals surface area contributed by atoms with Gasteiger partial charge in [0.25, 0.3) is 23.3 Å². The van der Waals surface area contributed by atoms with Gasteiger partial charge in [-0.05, 0) is 41.5 Å². The summed E-state index contributed by atoms with van der Waals surface area (Å²) in [5, 5.41) is 5.03. The van der Waals surface area contributed by atoms with E-state index in [4.69, 9.17) is 0 Å². The van der Waals surface area contributed by atoms with E-state index in [1.807, 2.05) is 6.07 Å². The van der Waals surface area contributed by atoms with Crippen molar-refractivity contribution in [2.45, 2.75) is 0 Å². The lowest BCUT2D eigenvalue weighted by molar-refractivity contribution is 0.0878. The Balaban J connectivity index is 1.62. The molecule has 0 aliphatic carbocycles. The van der Waals surface area contributed by atoms with Gasteiger partial charge in [-0.3, -0.25) is 24.5 Å². The molecule has 2 heterocycles. The Kier molecular flexibility index (Phi) is 4.12. The summed E-state index contributed by atoms with van der Waals surface area (Å²) < 4.78 is 1.38. The lowest BCUT2D eigenvalue weighted by atomic mass is 10.00. The molecule has 0 saturated heterocycles. The molecule has 0 radical (unpaired) electrons. The van der Waals surface area contributed by atoms with E-state index in [1.54, 1.807) is 49.5 Å². The van der Waals surface area contributed by atoms with Crippen molar-refractivity contribution in [3.63, 3.8) is 0 Å². The van der Waals surface area contributed by atoms with Crippen LogP contribution in [0.3, 0.4) is 0 Å². The first-order valence-electron chi connectivity index (χ1n) is 8.50. The molecule has 0 atom stereocenters. The Morgan fingerprint density at radius 1 is 0.893 bits per heavy atom. The van der Waals surface area contributed by atoms with Gasteiger partial charge < -0.3 is 9.88 Å². The van der Waals surface area contributed by atoms with Crippen LogP contribution in [0.15, 0.2) is 65.6 Å². The summed E-state index contributed by atoms with van der Waals surface area (Å²) in [6.45, 7) is 0. The van der Waals surface area contributed by atoms with Crippen LogP contribution in [-0.2, 0) is 7.05 Å². The third kappa shape index (κ3) is 3.09. The van der Waals surface area contributed by atoms with E-state index < -0.39 is 17.7 Å². The third-order valence-electron chi connectivity index (χ3n) is 4.56. The lowest BCUT2D eigenvalue weighted by Crippen LogP contribution is -2.20. The maximum absolute atomic E-state index is 12.4. The normalized spacial score (nSPS) is 12.5. The number of hydrogen-bond donors (Lipinski definition) is 2. The number of aromatic nitrogens is 1. The summed E-state index contributed by atoms with van der Waals surface area (Å²) in [5.41, 5.74) is 2.74. The molecule has 0 spiro atoms. The number of rotatable bonds is 3. The predicted octanol–water partition coefficient (Wildman–Crippen LogP) is 2.19. The molecule has 0 fully saturated rings. The fourth-order valence-electron chi connectivity index (χ4n) is 3.02. The van der Waals surface area contributed by atoms with Gasteiger partial charge in [0.1, 0.15) is 0 Å². The second-order valence-corrected chi connectivity index (χ2v) is 6.44. The van der Waals surface area contributed by atoms with E-state index in [0.29, 0.717) is 16.8 Å². The zero-order valence-corrected chi connectivity index (χ0v) is 14.9. The zero-order chi connectivity index (χ0) is 19.8. The van der Waals surface area contributed by atoms with Crippen LogP contribution in [0.25, 0.3) is 11.1 Å².